The number of thiazole rings is 1. The minimum atomic E-state index is 0. The molecule has 29 heavy (non-hydrogen) atoms. The molecule has 2 heterocycles. The van der Waals surface area contributed by atoms with Crippen molar-refractivity contribution in [1.82, 2.24) is 4.98 Å². The number of aromatic nitrogens is 2. The second-order valence-electron chi connectivity index (χ2n) is 6.24. The minimum absolute atomic E-state index is 0. The Kier molecular flexibility index (Phi) is 7.19. The molecule has 2 aromatic heterocycles. The van der Waals surface area contributed by atoms with Gasteiger partial charge in [-0.05, 0) is 42.5 Å². The van der Waals surface area contributed by atoms with Gasteiger partial charge in [-0.25, -0.2) is 4.98 Å². The van der Waals surface area contributed by atoms with Crippen molar-refractivity contribution in [2.45, 2.75) is 6.54 Å². The third kappa shape index (κ3) is 5.31. The van der Waals surface area contributed by atoms with Crippen LogP contribution in [0.5, 0.6) is 0 Å². The summed E-state index contributed by atoms with van der Waals surface area (Å²) in [6.07, 6.45) is 3.82. The fraction of sp³-hybridized carbons (Fsp3) is 0.0455. The first-order valence-electron chi connectivity index (χ1n) is 8.58. The molecule has 0 aliphatic heterocycles. The Labute approximate surface area is 193 Å². The van der Waals surface area contributed by atoms with Gasteiger partial charge in [0.15, 0.2) is 12.4 Å². The van der Waals surface area contributed by atoms with Crippen LogP contribution in [0.25, 0.3) is 21.8 Å². The van der Waals surface area contributed by atoms with Gasteiger partial charge in [0.05, 0.1) is 11.3 Å². The first kappa shape index (κ1) is 21.7. The van der Waals surface area contributed by atoms with Crippen molar-refractivity contribution in [3.8, 4) is 21.8 Å². The van der Waals surface area contributed by atoms with Crippen LogP contribution in [0, 0.1) is 0 Å². The molecule has 0 amide bonds. The third-order valence-electron chi connectivity index (χ3n) is 4.24. The normalized spacial score (nSPS) is 10.4. The highest BCUT2D eigenvalue weighted by molar-refractivity contribution is 8.93. The first-order chi connectivity index (χ1) is 13.6. The highest BCUT2D eigenvalue weighted by atomic mass is 79.9. The Bertz CT molecular complexity index is 1130. The Hall–Kier alpha value is -2.05. The number of rotatable bonds is 5. The summed E-state index contributed by atoms with van der Waals surface area (Å²) in [5.74, 6) is 0.0276. The van der Waals surface area contributed by atoms with Crippen LogP contribution >= 0.6 is 51.5 Å². The molecular weight excluding hydrogens is 491 g/mol. The molecule has 4 rings (SSSR count). The molecule has 4 aromatic rings. The lowest BCUT2D eigenvalue weighted by atomic mass is 10.1. The quantitative estimate of drug-likeness (QED) is 0.227. The summed E-state index contributed by atoms with van der Waals surface area (Å²) in [4.78, 5) is 17.2. The van der Waals surface area contributed by atoms with Crippen LogP contribution in [0.3, 0.4) is 0 Å². The summed E-state index contributed by atoms with van der Waals surface area (Å²) >= 11 is 13.4. The Balaban J connectivity index is 0.00000240. The largest absolute Gasteiger partial charge is 0.287 e. The highest BCUT2D eigenvalue weighted by Gasteiger charge is 2.15. The molecule has 0 saturated carbocycles. The number of hydrogen-bond acceptors (Lipinski definition) is 3. The number of Topliss-reactive ketones (excluding diaryl/α,β-unsaturated/α-hetero) is 1. The number of ketones is 1. The van der Waals surface area contributed by atoms with Crippen LogP contribution in [0.2, 0.25) is 10.0 Å². The summed E-state index contributed by atoms with van der Waals surface area (Å²) in [6, 6.07) is 18.5. The summed E-state index contributed by atoms with van der Waals surface area (Å²) < 4.78 is 1.87. The summed E-state index contributed by atoms with van der Waals surface area (Å²) in [5, 5.41) is 4.24. The molecule has 0 aliphatic carbocycles. The van der Waals surface area contributed by atoms with Gasteiger partial charge in [-0.3, -0.25) is 4.79 Å². The zero-order chi connectivity index (χ0) is 19.5. The van der Waals surface area contributed by atoms with E-state index in [4.69, 9.17) is 28.2 Å². The summed E-state index contributed by atoms with van der Waals surface area (Å²) in [6.45, 7) is 0.255. The van der Waals surface area contributed by atoms with E-state index in [-0.39, 0.29) is 29.3 Å². The Morgan fingerprint density at radius 3 is 2.28 bits per heavy atom. The van der Waals surface area contributed by atoms with Gasteiger partial charge in [0.2, 0.25) is 12.3 Å². The van der Waals surface area contributed by atoms with Crippen LogP contribution in [-0.4, -0.2) is 10.8 Å². The minimum Gasteiger partial charge on any atom is -0.287 e. The van der Waals surface area contributed by atoms with Crippen molar-refractivity contribution in [3.05, 3.63) is 94.0 Å². The predicted octanol–water partition coefficient (Wildman–Crippen LogP) is 6.53. The molecule has 146 valence electrons. The highest BCUT2D eigenvalue weighted by Crippen LogP contribution is 2.28. The van der Waals surface area contributed by atoms with Crippen molar-refractivity contribution in [2.75, 3.05) is 0 Å². The van der Waals surface area contributed by atoms with E-state index in [1.165, 1.54) is 0 Å². The van der Waals surface area contributed by atoms with Crippen LogP contribution < -0.4 is 4.57 Å². The molecular formula is C22H16BrCl2N2OS+. The molecule has 0 fully saturated rings. The van der Waals surface area contributed by atoms with Gasteiger partial charge >= 0.3 is 0 Å². The van der Waals surface area contributed by atoms with E-state index in [1.54, 1.807) is 35.6 Å². The molecule has 0 aliphatic rings. The van der Waals surface area contributed by atoms with Crippen LogP contribution in [0.15, 0.2) is 78.4 Å². The molecule has 0 bridgehead atoms. The Morgan fingerprint density at radius 1 is 0.931 bits per heavy atom. The number of hydrogen-bond donors (Lipinski definition) is 0. The van der Waals surface area contributed by atoms with E-state index >= 15 is 0 Å². The van der Waals surface area contributed by atoms with Gasteiger partial charge in [-0.15, -0.1) is 28.3 Å². The lowest BCUT2D eigenvalue weighted by molar-refractivity contribution is -0.682. The number of carbonyl (C=O) groups excluding carboxylic acids is 1. The summed E-state index contributed by atoms with van der Waals surface area (Å²) in [7, 11) is 0. The number of carbonyl (C=O) groups is 1. The van der Waals surface area contributed by atoms with Gasteiger partial charge in [0.1, 0.15) is 5.01 Å². The molecule has 0 N–H and O–H groups in total. The third-order valence-corrected chi connectivity index (χ3v) is 5.64. The summed E-state index contributed by atoms with van der Waals surface area (Å²) in [5.41, 5.74) is 3.54. The molecule has 0 saturated heterocycles. The van der Waals surface area contributed by atoms with E-state index in [9.17, 15) is 4.79 Å². The number of pyridine rings is 1. The van der Waals surface area contributed by atoms with Crippen LogP contribution in [0.4, 0.5) is 0 Å². The maximum absolute atomic E-state index is 12.5. The average molecular weight is 507 g/mol. The van der Waals surface area contributed by atoms with E-state index in [2.05, 4.69) is 0 Å². The lowest BCUT2D eigenvalue weighted by Crippen LogP contribution is -2.37. The molecule has 0 unspecified atom stereocenters. The lowest BCUT2D eigenvalue weighted by Gasteiger charge is -2.00. The number of nitrogens with zero attached hydrogens (tertiary/aromatic N) is 2. The molecule has 2 aromatic carbocycles. The van der Waals surface area contributed by atoms with Gasteiger partial charge in [0.25, 0.3) is 0 Å². The smallest absolute Gasteiger partial charge is 0.227 e. The van der Waals surface area contributed by atoms with E-state index in [0.29, 0.717) is 15.6 Å². The second kappa shape index (κ2) is 9.63. The SMILES string of the molecule is Br.O=C(C[n+]1cccc(-c2nc(-c3ccc(Cl)cc3)cs2)c1)c1ccc(Cl)cc1. The monoisotopic (exact) mass is 505 g/mol. The van der Waals surface area contributed by atoms with Crippen LogP contribution in [-0.2, 0) is 6.54 Å². The molecule has 0 spiro atoms. The molecule has 0 atom stereocenters. The molecule has 0 radical (unpaired) electrons. The standard InChI is InChI=1S/C22H15Cl2N2OS.BrH/c23-18-7-3-15(4-8-18)20-14-28-22(25-20)17-2-1-11-26(12-17)13-21(27)16-5-9-19(24)10-6-16;/h1-12,14H,13H2;1H/q+1;. The van der Waals surface area contributed by atoms with E-state index in [0.717, 1.165) is 21.8 Å². The Morgan fingerprint density at radius 2 is 1.59 bits per heavy atom. The second-order valence-corrected chi connectivity index (χ2v) is 7.97. The number of benzene rings is 2. The molecule has 7 heteroatoms. The maximum atomic E-state index is 12.5. The van der Waals surface area contributed by atoms with Gasteiger partial charge in [-0.2, -0.15) is 4.57 Å². The molecule has 3 nitrogen and oxygen atoms in total. The average Bonchev–Trinajstić information content (AvgIpc) is 3.19. The van der Waals surface area contributed by atoms with Crippen molar-refractivity contribution in [1.29, 1.82) is 0 Å². The van der Waals surface area contributed by atoms with Gasteiger partial charge < -0.3 is 0 Å². The van der Waals surface area contributed by atoms with Crippen molar-refractivity contribution < 1.29 is 9.36 Å². The fourth-order valence-electron chi connectivity index (χ4n) is 2.80. The zero-order valence-electron chi connectivity index (χ0n) is 15.1. The van der Waals surface area contributed by atoms with E-state index < -0.39 is 0 Å². The van der Waals surface area contributed by atoms with E-state index in [1.807, 2.05) is 58.7 Å². The van der Waals surface area contributed by atoms with Gasteiger partial charge in [-0.1, -0.05) is 35.3 Å². The fourth-order valence-corrected chi connectivity index (χ4v) is 3.87. The number of halogens is 3. The van der Waals surface area contributed by atoms with Crippen molar-refractivity contribution in [2.24, 2.45) is 0 Å². The predicted molar refractivity (Wildman–Crippen MR) is 124 cm³/mol. The van der Waals surface area contributed by atoms with Crippen molar-refractivity contribution >= 4 is 57.3 Å². The zero-order valence-corrected chi connectivity index (χ0v) is 19.1. The van der Waals surface area contributed by atoms with Gasteiger partial charge in [0, 0.05) is 32.6 Å². The first-order valence-corrected chi connectivity index (χ1v) is 10.2. The topological polar surface area (TPSA) is 33.8 Å². The van der Waals surface area contributed by atoms with Crippen LogP contribution in [0.1, 0.15) is 10.4 Å². The van der Waals surface area contributed by atoms with Crippen molar-refractivity contribution in [3.63, 3.8) is 0 Å². The maximum Gasteiger partial charge on any atom is 0.227 e.